The fourth-order valence-electron chi connectivity index (χ4n) is 3.48. The van der Waals surface area contributed by atoms with E-state index in [9.17, 15) is 9.90 Å². The van der Waals surface area contributed by atoms with E-state index in [1.165, 1.54) is 95.5 Å². The third-order valence-corrected chi connectivity index (χ3v) is 9.66. The Balaban J connectivity index is 0. The van der Waals surface area contributed by atoms with Crippen molar-refractivity contribution in [2.24, 2.45) is 0 Å². The van der Waals surface area contributed by atoms with Crippen LogP contribution in [0.15, 0.2) is 0 Å². The van der Waals surface area contributed by atoms with Crippen LogP contribution in [0.1, 0.15) is 97.8 Å². The highest BCUT2D eigenvalue weighted by molar-refractivity contribution is 7.76. The number of carboxylic acids is 1. The van der Waals surface area contributed by atoms with Crippen molar-refractivity contribution in [3.8, 4) is 0 Å². The first kappa shape index (κ1) is 26.4. The lowest BCUT2D eigenvalue weighted by molar-refractivity contribution is -0.134. The average Bonchev–Trinajstić information content (AvgIpc) is 2.52. The van der Waals surface area contributed by atoms with Gasteiger partial charge in [0.15, 0.2) is 6.16 Å². The fourth-order valence-corrected chi connectivity index (χ4v) is 7.88. The van der Waals surface area contributed by atoms with Gasteiger partial charge in [-0.25, -0.2) is 4.79 Å². The molecule has 0 spiro atoms. The van der Waals surface area contributed by atoms with Crippen molar-refractivity contribution in [2.75, 3.05) is 24.6 Å². The van der Waals surface area contributed by atoms with Gasteiger partial charge in [0.25, 0.3) is 0 Å². The Morgan fingerprint density at radius 1 is 0.667 bits per heavy atom. The van der Waals surface area contributed by atoms with Crippen LogP contribution in [0.5, 0.6) is 0 Å². The molecule has 0 amide bonds. The van der Waals surface area contributed by atoms with E-state index >= 15 is 0 Å². The summed E-state index contributed by atoms with van der Waals surface area (Å²) < 4.78 is 0. The van der Waals surface area contributed by atoms with Gasteiger partial charge < -0.3 is 5.11 Å². The average molecular weight is 382 g/mol. The van der Waals surface area contributed by atoms with E-state index in [1.54, 1.807) is 0 Å². The Morgan fingerprint density at radius 3 is 1.25 bits per heavy atom. The molecule has 0 unspecified atom stereocenters. The Bertz CT molecular complexity index is 254. The second kappa shape index (κ2) is 18.0. The Morgan fingerprint density at radius 2 is 1.00 bits per heavy atom. The van der Waals surface area contributed by atoms with E-state index in [0.717, 1.165) is 0 Å². The topological polar surface area (TPSA) is 37.3 Å². The number of halogens is 1. The van der Waals surface area contributed by atoms with Crippen molar-refractivity contribution in [1.82, 2.24) is 0 Å². The zero-order chi connectivity index (χ0) is 17.4. The molecule has 146 valence electrons. The zero-order valence-electron chi connectivity index (χ0n) is 16.5. The number of hydrogen-bond donors (Lipinski definition) is 1. The lowest BCUT2D eigenvalue weighted by Crippen LogP contribution is -2.18. The minimum absolute atomic E-state index is 0. The second-order valence-corrected chi connectivity index (χ2v) is 11.6. The standard InChI is InChI=1S/C20H41O2P.ClH/c1-4-7-10-13-16-23(19-20(21)22,17-14-11-8-5-2)18-15-12-9-6-3;/h4-19H2,1-3H3;1H/p+1. The highest BCUT2D eigenvalue weighted by atomic mass is 35.5. The van der Waals surface area contributed by atoms with E-state index < -0.39 is 13.2 Å². The smallest absolute Gasteiger partial charge is 0.341 e. The van der Waals surface area contributed by atoms with Gasteiger partial charge in [0.2, 0.25) is 0 Å². The summed E-state index contributed by atoms with van der Waals surface area (Å²) >= 11 is 0. The maximum atomic E-state index is 11.5. The molecule has 0 saturated carbocycles. The van der Waals surface area contributed by atoms with Crippen LogP contribution in [0.2, 0.25) is 0 Å². The Hall–Kier alpha value is 0.190. The third-order valence-electron chi connectivity index (χ3n) is 4.93. The summed E-state index contributed by atoms with van der Waals surface area (Å²) in [5.74, 6) is -0.542. The highest BCUT2D eigenvalue weighted by Crippen LogP contribution is 2.60. The van der Waals surface area contributed by atoms with Gasteiger partial charge in [-0.2, -0.15) is 0 Å². The summed E-state index contributed by atoms with van der Waals surface area (Å²) in [6.07, 6.45) is 19.6. The van der Waals surface area contributed by atoms with Crippen molar-refractivity contribution in [3.63, 3.8) is 0 Å². The van der Waals surface area contributed by atoms with Gasteiger partial charge in [0.1, 0.15) is 0 Å². The quantitative estimate of drug-likeness (QED) is 0.213. The van der Waals surface area contributed by atoms with Crippen LogP contribution in [-0.2, 0) is 4.79 Å². The van der Waals surface area contributed by atoms with Crippen LogP contribution < -0.4 is 0 Å². The van der Waals surface area contributed by atoms with Crippen molar-refractivity contribution in [2.45, 2.75) is 97.8 Å². The van der Waals surface area contributed by atoms with E-state index in [2.05, 4.69) is 20.8 Å². The molecule has 0 aromatic heterocycles. The van der Waals surface area contributed by atoms with Crippen LogP contribution in [0, 0.1) is 0 Å². The van der Waals surface area contributed by atoms with Crippen LogP contribution in [0.3, 0.4) is 0 Å². The molecule has 0 saturated heterocycles. The maximum Gasteiger partial charge on any atom is 0.341 e. The van der Waals surface area contributed by atoms with Crippen LogP contribution in [0.4, 0.5) is 0 Å². The zero-order valence-corrected chi connectivity index (χ0v) is 18.2. The molecule has 0 aliphatic rings. The van der Waals surface area contributed by atoms with Crippen LogP contribution >= 0.6 is 19.7 Å². The number of carbonyl (C=O) groups is 1. The first-order chi connectivity index (χ1) is 11.1. The molecule has 0 aromatic carbocycles. The van der Waals surface area contributed by atoms with Crippen molar-refractivity contribution in [1.29, 1.82) is 0 Å². The van der Waals surface area contributed by atoms with E-state index in [1.807, 2.05) is 0 Å². The molecule has 0 heterocycles. The summed E-state index contributed by atoms with van der Waals surface area (Å²) in [6, 6.07) is 0. The summed E-state index contributed by atoms with van der Waals surface area (Å²) in [7, 11) is -1.27. The monoisotopic (exact) mass is 381 g/mol. The Kier molecular flexibility index (Phi) is 19.8. The molecule has 2 nitrogen and oxygen atoms in total. The lowest BCUT2D eigenvalue weighted by Gasteiger charge is -2.26. The fraction of sp³-hybridized carbons (Fsp3) is 0.950. The van der Waals surface area contributed by atoms with Gasteiger partial charge in [-0.15, -0.1) is 12.4 Å². The molecule has 0 aliphatic carbocycles. The Labute approximate surface area is 158 Å². The van der Waals surface area contributed by atoms with Crippen LogP contribution in [-0.4, -0.2) is 35.7 Å². The number of rotatable bonds is 17. The van der Waals surface area contributed by atoms with Gasteiger partial charge in [0.05, 0.1) is 18.5 Å². The van der Waals surface area contributed by atoms with Gasteiger partial charge in [-0.1, -0.05) is 59.3 Å². The largest absolute Gasteiger partial charge is 0.479 e. The first-order valence-electron chi connectivity index (χ1n) is 10.2. The number of aliphatic carboxylic acids is 1. The molecule has 1 N–H and O–H groups in total. The molecule has 0 atom stereocenters. The maximum absolute atomic E-state index is 11.5. The third kappa shape index (κ3) is 14.5. The number of hydrogen-bond acceptors (Lipinski definition) is 1. The normalized spacial score (nSPS) is 11.3. The molecule has 0 aromatic rings. The molecule has 0 aliphatic heterocycles. The van der Waals surface area contributed by atoms with Crippen molar-refractivity contribution >= 4 is 25.6 Å². The number of unbranched alkanes of at least 4 members (excludes halogenated alkanes) is 9. The first-order valence-corrected chi connectivity index (χ1v) is 12.7. The predicted octanol–water partition coefficient (Wildman–Crippen LogP) is 7.25. The van der Waals surface area contributed by atoms with E-state index in [4.69, 9.17) is 0 Å². The van der Waals surface area contributed by atoms with Crippen molar-refractivity contribution < 1.29 is 9.90 Å². The summed E-state index contributed by atoms with van der Waals surface area (Å²) in [6.45, 7) is 6.74. The molecule has 0 fully saturated rings. The summed E-state index contributed by atoms with van der Waals surface area (Å²) in [5.41, 5.74) is 0. The van der Waals surface area contributed by atoms with Gasteiger partial charge in [-0.05, 0) is 38.5 Å². The SMILES string of the molecule is CCCCCC[P+](CCCCCC)(CCCCCC)CC(=O)O.Cl. The molecular weight excluding hydrogens is 339 g/mol. The van der Waals surface area contributed by atoms with Gasteiger partial charge in [0, 0.05) is 7.26 Å². The molecule has 4 heteroatoms. The summed E-state index contributed by atoms with van der Waals surface area (Å²) in [5, 5.41) is 9.48. The molecule has 0 bridgehead atoms. The van der Waals surface area contributed by atoms with Crippen molar-refractivity contribution in [3.05, 3.63) is 0 Å². The van der Waals surface area contributed by atoms with Crippen LogP contribution in [0.25, 0.3) is 0 Å². The lowest BCUT2D eigenvalue weighted by atomic mass is 10.2. The van der Waals surface area contributed by atoms with Gasteiger partial charge >= 0.3 is 5.97 Å². The minimum atomic E-state index is -1.27. The summed E-state index contributed by atoms with van der Waals surface area (Å²) in [4.78, 5) is 11.5. The predicted molar refractivity (Wildman–Crippen MR) is 114 cm³/mol. The molecule has 0 radical (unpaired) electrons. The van der Waals surface area contributed by atoms with E-state index in [-0.39, 0.29) is 12.4 Å². The minimum Gasteiger partial charge on any atom is -0.479 e. The second-order valence-electron chi connectivity index (χ2n) is 7.25. The molecular formula is C20H43ClO2P+. The van der Waals surface area contributed by atoms with E-state index in [0.29, 0.717) is 6.16 Å². The molecule has 0 rings (SSSR count). The number of carboxylic acid groups (broad SMARTS) is 1. The molecule has 24 heavy (non-hydrogen) atoms. The van der Waals surface area contributed by atoms with Gasteiger partial charge in [-0.3, -0.25) is 0 Å². The highest BCUT2D eigenvalue weighted by Gasteiger charge is 2.38.